The minimum atomic E-state index is -1.33. The lowest BCUT2D eigenvalue weighted by Crippen LogP contribution is -2.63. The average Bonchev–Trinajstić information content (AvgIpc) is 2.89. The Balaban J connectivity index is 2.15. The van der Waals surface area contributed by atoms with Crippen LogP contribution in [0, 0.1) is 0 Å². The third-order valence-corrected chi connectivity index (χ3v) is 6.52. The molecule has 0 aliphatic carbocycles. The number of ether oxygens (including phenoxy) is 3. The number of likely N-dealkylation sites (tertiary alicyclic amines) is 1. The van der Waals surface area contributed by atoms with E-state index in [1.165, 1.54) is 12.0 Å². The standard InChI is InChI=1S/C30H46N4O8/c1-28(2,3)41-23(35)14-13-21(25(37)40-7)32-24(36)22(19-20-11-9-8-10-12-20)33-26(38)30(31)15-17-34(18-16-30)27(39)42-29(4,5)6/h8-12,21-22H,13-19,31H2,1-7H3,(H,32,36)(H,33,38)/t21-,22-/m0/s1. The first kappa shape index (κ1) is 34.5. The summed E-state index contributed by atoms with van der Waals surface area (Å²) in [7, 11) is 1.18. The molecule has 0 saturated carbocycles. The van der Waals surface area contributed by atoms with Crippen LogP contribution in [0.25, 0.3) is 0 Å². The summed E-state index contributed by atoms with van der Waals surface area (Å²) in [6, 6.07) is 6.83. The predicted molar refractivity (Wildman–Crippen MR) is 155 cm³/mol. The fourth-order valence-electron chi connectivity index (χ4n) is 4.32. The first-order valence-corrected chi connectivity index (χ1v) is 14.1. The Labute approximate surface area is 248 Å². The summed E-state index contributed by atoms with van der Waals surface area (Å²) in [5, 5.41) is 5.39. The molecule has 1 fully saturated rings. The van der Waals surface area contributed by atoms with Gasteiger partial charge in [0.1, 0.15) is 23.3 Å². The van der Waals surface area contributed by atoms with E-state index in [1.54, 1.807) is 53.7 Å². The van der Waals surface area contributed by atoms with Crippen LogP contribution in [-0.2, 0) is 39.8 Å². The molecule has 0 aromatic heterocycles. The van der Waals surface area contributed by atoms with E-state index < -0.39 is 58.7 Å². The Morgan fingerprint density at radius 3 is 2.00 bits per heavy atom. The normalized spacial score (nSPS) is 16.4. The molecule has 3 amide bonds. The zero-order chi connectivity index (χ0) is 31.7. The Kier molecular flexibility index (Phi) is 11.9. The highest BCUT2D eigenvalue weighted by Gasteiger charge is 2.41. The van der Waals surface area contributed by atoms with Gasteiger partial charge in [-0.25, -0.2) is 9.59 Å². The Bertz CT molecular complexity index is 1100. The number of amides is 3. The van der Waals surface area contributed by atoms with Gasteiger partial charge in [-0.1, -0.05) is 30.3 Å². The largest absolute Gasteiger partial charge is 0.467 e. The lowest BCUT2D eigenvalue weighted by atomic mass is 9.87. The third kappa shape index (κ3) is 11.3. The van der Waals surface area contributed by atoms with Crippen LogP contribution in [0.4, 0.5) is 4.79 Å². The van der Waals surface area contributed by atoms with Gasteiger partial charge in [0.25, 0.3) is 0 Å². The molecule has 42 heavy (non-hydrogen) atoms. The second-order valence-electron chi connectivity index (χ2n) is 12.5. The van der Waals surface area contributed by atoms with E-state index in [9.17, 15) is 24.0 Å². The van der Waals surface area contributed by atoms with Crippen LogP contribution in [0.15, 0.2) is 30.3 Å². The number of rotatable bonds is 10. The van der Waals surface area contributed by atoms with Crippen LogP contribution in [0.3, 0.4) is 0 Å². The lowest BCUT2D eigenvalue weighted by Gasteiger charge is -2.39. The number of nitrogens with zero attached hydrogens (tertiary/aromatic N) is 1. The molecule has 1 aliphatic heterocycles. The van der Waals surface area contributed by atoms with Crippen molar-refractivity contribution in [3.05, 3.63) is 35.9 Å². The van der Waals surface area contributed by atoms with E-state index in [2.05, 4.69) is 10.6 Å². The van der Waals surface area contributed by atoms with Gasteiger partial charge in [-0.05, 0) is 66.4 Å². The summed E-state index contributed by atoms with van der Waals surface area (Å²) in [5.74, 6) is -2.45. The molecule has 0 bridgehead atoms. The molecule has 2 atom stereocenters. The average molecular weight is 591 g/mol. The maximum absolute atomic E-state index is 13.5. The Morgan fingerprint density at radius 2 is 1.48 bits per heavy atom. The third-order valence-electron chi connectivity index (χ3n) is 6.52. The van der Waals surface area contributed by atoms with Crippen molar-refractivity contribution in [1.29, 1.82) is 0 Å². The fourth-order valence-corrected chi connectivity index (χ4v) is 4.32. The zero-order valence-electron chi connectivity index (χ0n) is 25.8. The van der Waals surface area contributed by atoms with Crippen molar-refractivity contribution in [3.8, 4) is 0 Å². The van der Waals surface area contributed by atoms with Crippen molar-refractivity contribution >= 4 is 29.8 Å². The highest BCUT2D eigenvalue weighted by molar-refractivity contribution is 5.94. The monoisotopic (exact) mass is 590 g/mol. The van der Waals surface area contributed by atoms with Crippen LogP contribution in [0.5, 0.6) is 0 Å². The minimum absolute atomic E-state index is 0.0549. The van der Waals surface area contributed by atoms with Gasteiger partial charge in [0.05, 0.1) is 12.6 Å². The number of esters is 2. The summed E-state index contributed by atoms with van der Waals surface area (Å²) in [4.78, 5) is 65.6. The van der Waals surface area contributed by atoms with Crippen molar-refractivity contribution in [3.63, 3.8) is 0 Å². The molecule has 1 aliphatic rings. The highest BCUT2D eigenvalue weighted by atomic mass is 16.6. The van der Waals surface area contributed by atoms with Gasteiger partial charge < -0.3 is 35.5 Å². The molecule has 12 nitrogen and oxygen atoms in total. The van der Waals surface area contributed by atoms with E-state index in [-0.39, 0.29) is 45.2 Å². The van der Waals surface area contributed by atoms with Crippen molar-refractivity contribution in [2.45, 2.75) is 102 Å². The molecule has 234 valence electrons. The fraction of sp³-hybridized carbons (Fsp3) is 0.633. The molecule has 4 N–H and O–H groups in total. The highest BCUT2D eigenvalue weighted by Crippen LogP contribution is 2.22. The smallest absolute Gasteiger partial charge is 0.410 e. The second kappa shape index (κ2) is 14.5. The quantitative estimate of drug-likeness (QED) is 0.273. The number of hydrogen-bond donors (Lipinski definition) is 3. The SMILES string of the molecule is COC(=O)[C@H](CCC(=O)OC(C)(C)C)NC(=O)[C@H](Cc1ccccc1)NC(=O)C1(N)CCN(C(=O)OC(C)(C)C)CC1. The molecule has 0 unspecified atom stereocenters. The summed E-state index contributed by atoms with van der Waals surface area (Å²) < 4.78 is 15.6. The summed E-state index contributed by atoms with van der Waals surface area (Å²) in [5.41, 5.74) is 4.58. The van der Waals surface area contributed by atoms with Gasteiger partial charge in [-0.15, -0.1) is 0 Å². The maximum Gasteiger partial charge on any atom is 0.410 e. The van der Waals surface area contributed by atoms with Gasteiger partial charge in [0.15, 0.2) is 0 Å². The Morgan fingerprint density at radius 1 is 0.905 bits per heavy atom. The van der Waals surface area contributed by atoms with Gasteiger partial charge >= 0.3 is 18.0 Å². The molecule has 12 heteroatoms. The molecule has 1 aromatic carbocycles. The number of carbonyl (C=O) groups is 5. The molecule has 1 aromatic rings. The van der Waals surface area contributed by atoms with Gasteiger partial charge in [0.2, 0.25) is 11.8 Å². The van der Waals surface area contributed by atoms with Crippen LogP contribution < -0.4 is 16.4 Å². The number of benzene rings is 1. The second-order valence-corrected chi connectivity index (χ2v) is 12.5. The van der Waals surface area contributed by atoms with Crippen molar-refractivity contribution in [2.24, 2.45) is 5.73 Å². The lowest BCUT2D eigenvalue weighted by molar-refractivity contribution is -0.155. The van der Waals surface area contributed by atoms with E-state index in [0.29, 0.717) is 0 Å². The molecule has 1 heterocycles. The van der Waals surface area contributed by atoms with Crippen LogP contribution in [0.1, 0.15) is 72.8 Å². The maximum atomic E-state index is 13.5. The number of nitrogens with two attached hydrogens (primary N) is 1. The zero-order valence-corrected chi connectivity index (χ0v) is 25.8. The molecular formula is C30H46N4O8. The summed E-state index contributed by atoms with van der Waals surface area (Å²) in [6.07, 6.45) is -0.213. The van der Waals surface area contributed by atoms with E-state index in [4.69, 9.17) is 19.9 Å². The van der Waals surface area contributed by atoms with Gasteiger partial charge in [0, 0.05) is 25.9 Å². The molecule has 0 radical (unpaired) electrons. The molecule has 2 rings (SSSR count). The van der Waals surface area contributed by atoms with Gasteiger partial charge in [-0.2, -0.15) is 0 Å². The number of methoxy groups -OCH3 is 1. The Hall–Kier alpha value is -3.67. The number of piperidine rings is 1. The van der Waals surface area contributed by atoms with E-state index >= 15 is 0 Å². The number of carbonyl (C=O) groups excluding carboxylic acids is 5. The van der Waals surface area contributed by atoms with Crippen LogP contribution in [0.2, 0.25) is 0 Å². The predicted octanol–water partition coefficient (Wildman–Crippen LogP) is 2.22. The number of nitrogens with one attached hydrogen (secondary N) is 2. The van der Waals surface area contributed by atoms with E-state index in [0.717, 1.165) is 5.56 Å². The topological polar surface area (TPSA) is 166 Å². The summed E-state index contributed by atoms with van der Waals surface area (Å²) >= 11 is 0. The first-order valence-electron chi connectivity index (χ1n) is 14.1. The number of hydrogen-bond acceptors (Lipinski definition) is 9. The van der Waals surface area contributed by atoms with Crippen LogP contribution >= 0.6 is 0 Å². The summed E-state index contributed by atoms with van der Waals surface area (Å²) in [6.45, 7) is 10.9. The minimum Gasteiger partial charge on any atom is -0.467 e. The molecule has 0 spiro atoms. The van der Waals surface area contributed by atoms with E-state index in [1.807, 2.05) is 18.2 Å². The van der Waals surface area contributed by atoms with Crippen LogP contribution in [-0.4, -0.2) is 83.8 Å². The molecular weight excluding hydrogens is 544 g/mol. The van der Waals surface area contributed by atoms with Crippen molar-refractivity contribution < 1.29 is 38.2 Å². The van der Waals surface area contributed by atoms with Crippen molar-refractivity contribution in [2.75, 3.05) is 20.2 Å². The molecule has 1 saturated heterocycles. The first-order chi connectivity index (χ1) is 19.4. The van der Waals surface area contributed by atoms with Gasteiger partial charge in [-0.3, -0.25) is 14.4 Å². The van der Waals surface area contributed by atoms with Crippen molar-refractivity contribution in [1.82, 2.24) is 15.5 Å².